The van der Waals surface area contributed by atoms with Gasteiger partial charge in [0.05, 0.1) is 18.1 Å². The largest absolute Gasteiger partial charge is 0.444 e. The van der Waals surface area contributed by atoms with Crippen LogP contribution in [0.4, 0.5) is 4.79 Å². The third-order valence-corrected chi connectivity index (χ3v) is 2.47. The van der Waals surface area contributed by atoms with Crippen LogP contribution in [0.25, 0.3) is 5.65 Å². The SMILES string of the molecule is CC(C)(C)OC(=O)NC(C=O)c1cnc2cnccn12. The Balaban J connectivity index is 2.20. The van der Waals surface area contributed by atoms with E-state index >= 15 is 0 Å². The summed E-state index contributed by atoms with van der Waals surface area (Å²) in [6.45, 7) is 5.26. The molecule has 0 aliphatic rings. The molecule has 0 aliphatic carbocycles. The predicted molar refractivity (Wildman–Crippen MR) is 71.2 cm³/mol. The maximum Gasteiger partial charge on any atom is 0.408 e. The van der Waals surface area contributed by atoms with Crippen molar-refractivity contribution in [2.24, 2.45) is 0 Å². The van der Waals surface area contributed by atoms with Crippen molar-refractivity contribution in [2.45, 2.75) is 32.4 Å². The molecule has 0 spiro atoms. The van der Waals surface area contributed by atoms with Gasteiger partial charge in [-0.2, -0.15) is 0 Å². The van der Waals surface area contributed by atoms with E-state index in [-0.39, 0.29) is 0 Å². The molecule has 20 heavy (non-hydrogen) atoms. The summed E-state index contributed by atoms with van der Waals surface area (Å²) in [6.07, 6.45) is 6.32. The van der Waals surface area contributed by atoms with Crippen LogP contribution < -0.4 is 5.32 Å². The molecule has 1 atom stereocenters. The summed E-state index contributed by atoms with van der Waals surface area (Å²) in [4.78, 5) is 31.0. The summed E-state index contributed by atoms with van der Waals surface area (Å²) >= 11 is 0. The van der Waals surface area contributed by atoms with Gasteiger partial charge in [-0.3, -0.25) is 9.38 Å². The van der Waals surface area contributed by atoms with Gasteiger partial charge in [-0.15, -0.1) is 0 Å². The minimum Gasteiger partial charge on any atom is -0.444 e. The minimum absolute atomic E-state index is 0.545. The second kappa shape index (κ2) is 5.28. The highest BCUT2D eigenvalue weighted by molar-refractivity contribution is 5.74. The number of aldehydes is 1. The van der Waals surface area contributed by atoms with E-state index in [1.807, 2.05) is 0 Å². The van der Waals surface area contributed by atoms with Gasteiger partial charge in [0.1, 0.15) is 17.9 Å². The first-order valence-corrected chi connectivity index (χ1v) is 6.12. The number of imidazole rings is 1. The minimum atomic E-state index is -0.831. The summed E-state index contributed by atoms with van der Waals surface area (Å²) in [6, 6.07) is -0.831. The number of carbonyl (C=O) groups excluding carboxylic acids is 2. The monoisotopic (exact) mass is 276 g/mol. The zero-order valence-electron chi connectivity index (χ0n) is 11.5. The van der Waals surface area contributed by atoms with E-state index in [0.717, 1.165) is 0 Å². The molecule has 2 rings (SSSR count). The molecule has 7 nitrogen and oxygen atoms in total. The molecule has 0 saturated carbocycles. The number of rotatable bonds is 3. The number of fused-ring (bicyclic) bond motifs is 1. The highest BCUT2D eigenvalue weighted by Crippen LogP contribution is 2.14. The van der Waals surface area contributed by atoms with Gasteiger partial charge in [-0.05, 0) is 20.8 Å². The third-order valence-electron chi connectivity index (χ3n) is 2.47. The van der Waals surface area contributed by atoms with Crippen LogP contribution in [0.5, 0.6) is 0 Å². The molecule has 7 heteroatoms. The summed E-state index contributed by atoms with van der Waals surface area (Å²) in [7, 11) is 0. The number of hydrogen-bond acceptors (Lipinski definition) is 5. The number of nitrogens with zero attached hydrogens (tertiary/aromatic N) is 3. The average molecular weight is 276 g/mol. The smallest absolute Gasteiger partial charge is 0.408 e. The molecule has 106 valence electrons. The molecule has 1 unspecified atom stereocenters. The van der Waals surface area contributed by atoms with E-state index in [4.69, 9.17) is 4.74 Å². The zero-order chi connectivity index (χ0) is 14.8. The normalized spacial score (nSPS) is 12.9. The Morgan fingerprint density at radius 3 is 2.85 bits per heavy atom. The number of alkyl carbamates (subject to hydrolysis) is 1. The molecule has 2 heterocycles. The number of hydrogen-bond donors (Lipinski definition) is 1. The van der Waals surface area contributed by atoms with E-state index in [9.17, 15) is 9.59 Å². The first-order valence-electron chi connectivity index (χ1n) is 6.12. The Kier molecular flexibility index (Phi) is 3.69. The van der Waals surface area contributed by atoms with Gasteiger partial charge in [0.25, 0.3) is 0 Å². The fourth-order valence-electron chi connectivity index (χ4n) is 1.70. The summed E-state index contributed by atoms with van der Waals surface area (Å²) in [5.74, 6) is 0. The highest BCUT2D eigenvalue weighted by Gasteiger charge is 2.22. The Hall–Kier alpha value is -2.44. The lowest BCUT2D eigenvalue weighted by atomic mass is 10.2. The standard InChI is InChI=1S/C13H16N4O3/c1-13(2,3)20-12(19)16-9(8-18)10-6-15-11-7-14-4-5-17(10)11/h4-9H,1-3H3,(H,16,19). The number of carbonyl (C=O) groups is 2. The Morgan fingerprint density at radius 1 is 1.45 bits per heavy atom. The average Bonchev–Trinajstić information content (AvgIpc) is 2.77. The van der Waals surface area contributed by atoms with Crippen LogP contribution in [0.2, 0.25) is 0 Å². The third kappa shape index (κ3) is 3.11. The van der Waals surface area contributed by atoms with Gasteiger partial charge < -0.3 is 14.8 Å². The van der Waals surface area contributed by atoms with Gasteiger partial charge in [0.2, 0.25) is 0 Å². The Bertz CT molecular complexity index is 630. The Labute approximate surface area is 116 Å². The number of ether oxygens (including phenoxy) is 1. The topological polar surface area (TPSA) is 85.6 Å². The van der Waals surface area contributed by atoms with Crippen LogP contribution in [0.1, 0.15) is 32.5 Å². The summed E-state index contributed by atoms with van der Waals surface area (Å²) in [5, 5.41) is 2.51. The van der Waals surface area contributed by atoms with Crippen LogP contribution in [0.3, 0.4) is 0 Å². The quantitative estimate of drug-likeness (QED) is 0.858. The van der Waals surface area contributed by atoms with Gasteiger partial charge in [0.15, 0.2) is 5.65 Å². The van der Waals surface area contributed by atoms with Gasteiger partial charge in [-0.25, -0.2) is 9.78 Å². The van der Waals surface area contributed by atoms with Gasteiger partial charge >= 0.3 is 6.09 Å². The van der Waals surface area contributed by atoms with Crippen LogP contribution >= 0.6 is 0 Å². The van der Waals surface area contributed by atoms with Crippen molar-refractivity contribution in [2.75, 3.05) is 0 Å². The molecule has 0 saturated heterocycles. The molecule has 0 fully saturated rings. The molecule has 0 bridgehead atoms. The van der Waals surface area contributed by atoms with Crippen molar-refractivity contribution >= 4 is 18.0 Å². The summed E-state index contributed by atoms with van der Waals surface area (Å²) < 4.78 is 6.81. The van der Waals surface area contributed by atoms with Crippen LogP contribution in [-0.2, 0) is 9.53 Å². The van der Waals surface area contributed by atoms with Crippen LogP contribution in [-0.4, -0.2) is 32.3 Å². The highest BCUT2D eigenvalue weighted by atomic mass is 16.6. The maximum absolute atomic E-state index is 11.7. The maximum atomic E-state index is 11.7. The van der Waals surface area contributed by atoms with E-state index in [1.54, 1.807) is 43.8 Å². The first-order chi connectivity index (χ1) is 9.40. The second-order valence-electron chi connectivity index (χ2n) is 5.25. The molecular formula is C13H16N4O3. The van der Waals surface area contributed by atoms with Gasteiger partial charge in [-0.1, -0.05) is 0 Å². The van der Waals surface area contributed by atoms with Gasteiger partial charge in [0, 0.05) is 12.4 Å². The predicted octanol–water partition coefficient (Wildman–Crippen LogP) is 1.49. The fourth-order valence-corrected chi connectivity index (χ4v) is 1.70. The molecule has 1 amide bonds. The van der Waals surface area contributed by atoms with Crippen molar-refractivity contribution < 1.29 is 14.3 Å². The molecule has 2 aromatic heterocycles. The van der Waals surface area contributed by atoms with E-state index < -0.39 is 17.7 Å². The van der Waals surface area contributed by atoms with Crippen molar-refractivity contribution in [3.63, 3.8) is 0 Å². The second-order valence-corrected chi connectivity index (χ2v) is 5.25. The molecule has 0 aliphatic heterocycles. The summed E-state index contributed by atoms with van der Waals surface area (Å²) in [5.41, 5.74) is 0.518. The lowest BCUT2D eigenvalue weighted by Gasteiger charge is -2.21. The molecule has 1 N–H and O–H groups in total. The van der Waals surface area contributed by atoms with E-state index in [0.29, 0.717) is 17.6 Å². The molecule has 0 radical (unpaired) electrons. The van der Waals surface area contributed by atoms with Crippen molar-refractivity contribution in [1.82, 2.24) is 19.7 Å². The van der Waals surface area contributed by atoms with Crippen molar-refractivity contribution in [3.8, 4) is 0 Å². The zero-order valence-corrected chi connectivity index (χ0v) is 11.5. The molecular weight excluding hydrogens is 260 g/mol. The number of nitrogens with one attached hydrogen (secondary N) is 1. The first kappa shape index (κ1) is 14.0. The number of aromatic nitrogens is 3. The lowest BCUT2D eigenvalue weighted by molar-refractivity contribution is -0.109. The van der Waals surface area contributed by atoms with Crippen molar-refractivity contribution in [1.29, 1.82) is 0 Å². The molecule has 2 aromatic rings. The van der Waals surface area contributed by atoms with E-state index in [2.05, 4.69) is 15.3 Å². The lowest BCUT2D eigenvalue weighted by Crippen LogP contribution is -2.35. The number of amides is 1. The fraction of sp³-hybridized carbons (Fsp3) is 0.385. The Morgan fingerprint density at radius 2 is 2.20 bits per heavy atom. The molecule has 0 aromatic carbocycles. The van der Waals surface area contributed by atoms with E-state index in [1.165, 1.54) is 6.20 Å². The van der Waals surface area contributed by atoms with Crippen LogP contribution in [0, 0.1) is 0 Å². The van der Waals surface area contributed by atoms with Crippen molar-refractivity contribution in [3.05, 3.63) is 30.5 Å². The van der Waals surface area contributed by atoms with Crippen LogP contribution in [0.15, 0.2) is 24.8 Å².